The van der Waals surface area contributed by atoms with Crippen LogP contribution in [0.15, 0.2) is 97.6 Å². The van der Waals surface area contributed by atoms with E-state index in [1.165, 1.54) is 12.1 Å². The van der Waals surface area contributed by atoms with Crippen molar-refractivity contribution in [3.63, 3.8) is 0 Å². The van der Waals surface area contributed by atoms with Crippen molar-refractivity contribution >= 4 is 32.1 Å². The Hall–Kier alpha value is -5.46. The third kappa shape index (κ3) is 6.14. The smallest absolute Gasteiger partial charge is 0.209 e. The number of sulfonamides is 1. The van der Waals surface area contributed by atoms with Gasteiger partial charge in [-0.1, -0.05) is 30.3 Å². The van der Waals surface area contributed by atoms with E-state index in [0.717, 1.165) is 45.0 Å². The van der Waals surface area contributed by atoms with Gasteiger partial charge in [0.2, 0.25) is 10.0 Å². The molecule has 0 radical (unpaired) electrons. The van der Waals surface area contributed by atoms with E-state index in [1.54, 1.807) is 36.9 Å². The van der Waals surface area contributed by atoms with Gasteiger partial charge in [-0.15, -0.1) is 0 Å². The van der Waals surface area contributed by atoms with Crippen LogP contribution in [-0.4, -0.2) is 44.8 Å². The summed E-state index contributed by atoms with van der Waals surface area (Å²) in [4.78, 5) is 16.8. The number of aromatic nitrogens is 6. The topological polar surface area (TPSA) is 139 Å². The molecular weight excluding hydrogens is 593 g/mol. The minimum atomic E-state index is -3.44. The van der Waals surface area contributed by atoms with Gasteiger partial charge < -0.3 is 9.72 Å². The summed E-state index contributed by atoms with van der Waals surface area (Å²) in [5.74, 6) is 0.173. The zero-order valence-corrected chi connectivity index (χ0v) is 24.8. The lowest BCUT2D eigenvalue weighted by Gasteiger charge is -2.08. The molecule has 224 valence electrons. The first-order valence-corrected chi connectivity index (χ1v) is 15.9. The molecule has 45 heavy (non-hydrogen) atoms. The standard InChI is InChI=1S/C33H26FN7O3S/c1-45(42,43)38-15-21-9-22(11-25(34)10-21)27-7-8-36-32-28(27)14-30(39-32)31-29-13-24(17-37-33(29)41-40-31)23-12-26(18-35-16-23)44-19-20-5-3-2-4-6-20/h2-14,16-18,38H,15,19H2,1H3,(H,36,39)(H,37,40,41). The minimum absolute atomic E-state index is 0.0246. The maximum atomic E-state index is 14.6. The van der Waals surface area contributed by atoms with Gasteiger partial charge in [0.15, 0.2) is 5.65 Å². The van der Waals surface area contributed by atoms with Crippen LogP contribution in [0, 0.1) is 5.82 Å². The predicted octanol–water partition coefficient (Wildman–Crippen LogP) is 6.00. The van der Waals surface area contributed by atoms with Crippen LogP contribution in [0.4, 0.5) is 4.39 Å². The third-order valence-electron chi connectivity index (χ3n) is 7.31. The summed E-state index contributed by atoms with van der Waals surface area (Å²) in [7, 11) is -3.44. The van der Waals surface area contributed by atoms with Crippen molar-refractivity contribution in [2.45, 2.75) is 13.2 Å². The molecule has 10 nitrogen and oxygen atoms in total. The molecule has 0 spiro atoms. The van der Waals surface area contributed by atoms with Crippen molar-refractivity contribution in [1.82, 2.24) is 34.9 Å². The molecular formula is C33H26FN7O3S. The van der Waals surface area contributed by atoms with Gasteiger partial charge in [0.1, 0.15) is 23.8 Å². The summed E-state index contributed by atoms with van der Waals surface area (Å²) in [5, 5.41) is 9.04. The molecule has 0 saturated carbocycles. The fourth-order valence-corrected chi connectivity index (χ4v) is 5.62. The highest BCUT2D eigenvalue weighted by molar-refractivity contribution is 7.88. The van der Waals surface area contributed by atoms with Crippen molar-refractivity contribution in [2.75, 3.05) is 6.26 Å². The van der Waals surface area contributed by atoms with E-state index < -0.39 is 15.8 Å². The van der Waals surface area contributed by atoms with Crippen molar-refractivity contribution in [3.05, 3.63) is 115 Å². The fraction of sp³-hybridized carbons (Fsp3) is 0.0909. The quantitative estimate of drug-likeness (QED) is 0.180. The van der Waals surface area contributed by atoms with Gasteiger partial charge in [0, 0.05) is 47.0 Å². The van der Waals surface area contributed by atoms with Gasteiger partial charge in [-0.05, 0) is 64.7 Å². The van der Waals surface area contributed by atoms with E-state index in [0.29, 0.717) is 40.5 Å². The molecule has 0 saturated heterocycles. The number of hydrogen-bond acceptors (Lipinski definition) is 7. The largest absolute Gasteiger partial charge is 0.487 e. The van der Waals surface area contributed by atoms with Gasteiger partial charge >= 0.3 is 0 Å². The van der Waals surface area contributed by atoms with E-state index in [9.17, 15) is 12.8 Å². The van der Waals surface area contributed by atoms with Crippen LogP contribution in [-0.2, 0) is 23.2 Å². The number of pyridine rings is 3. The SMILES string of the molecule is CS(=O)(=O)NCc1cc(F)cc(-c2ccnc3[nH]c(-c4[nH]nc5ncc(-c6cncc(OCc7ccccc7)c6)cc45)cc23)c1. The number of H-pyrrole nitrogens is 2. The highest BCUT2D eigenvalue weighted by Gasteiger charge is 2.16. The normalized spacial score (nSPS) is 11.8. The summed E-state index contributed by atoms with van der Waals surface area (Å²) in [6.07, 6.45) is 7.89. The van der Waals surface area contributed by atoms with Crippen LogP contribution >= 0.6 is 0 Å². The molecule has 12 heteroatoms. The molecule has 2 aromatic carbocycles. The summed E-state index contributed by atoms with van der Waals surface area (Å²) in [6, 6.07) is 22.1. The van der Waals surface area contributed by atoms with E-state index in [2.05, 4.69) is 34.9 Å². The molecule has 0 bridgehead atoms. The van der Waals surface area contributed by atoms with Gasteiger partial charge in [-0.3, -0.25) is 10.1 Å². The van der Waals surface area contributed by atoms with Crippen molar-refractivity contribution in [3.8, 4) is 39.4 Å². The molecule has 5 heterocycles. The van der Waals surface area contributed by atoms with E-state index in [-0.39, 0.29) is 6.54 Å². The Kier molecular flexibility index (Phi) is 7.28. The summed E-state index contributed by atoms with van der Waals surface area (Å²) in [6.45, 7) is 0.406. The number of halogens is 1. The molecule has 5 aromatic heterocycles. The molecule has 0 unspecified atom stereocenters. The predicted molar refractivity (Wildman–Crippen MR) is 170 cm³/mol. The molecule has 0 aliphatic carbocycles. The highest BCUT2D eigenvalue weighted by atomic mass is 32.2. The van der Waals surface area contributed by atoms with Crippen LogP contribution in [0.25, 0.3) is 55.7 Å². The average Bonchev–Trinajstić information content (AvgIpc) is 3.67. The number of fused-ring (bicyclic) bond motifs is 2. The number of rotatable bonds is 9. The average molecular weight is 620 g/mol. The lowest BCUT2D eigenvalue weighted by Crippen LogP contribution is -2.21. The van der Waals surface area contributed by atoms with E-state index >= 15 is 0 Å². The number of nitrogens with zero attached hydrogens (tertiary/aromatic N) is 4. The second-order valence-electron chi connectivity index (χ2n) is 10.6. The van der Waals surface area contributed by atoms with Gasteiger partial charge in [-0.2, -0.15) is 5.10 Å². The molecule has 0 atom stereocenters. The Morgan fingerprint density at radius 1 is 0.867 bits per heavy atom. The summed E-state index contributed by atoms with van der Waals surface area (Å²) in [5.41, 5.74) is 7.15. The van der Waals surface area contributed by atoms with Crippen LogP contribution in [0.5, 0.6) is 5.75 Å². The lowest BCUT2D eigenvalue weighted by atomic mass is 10.0. The number of hydrogen-bond donors (Lipinski definition) is 3. The lowest BCUT2D eigenvalue weighted by molar-refractivity contribution is 0.305. The first-order chi connectivity index (χ1) is 21.8. The zero-order chi connectivity index (χ0) is 31.0. The van der Waals surface area contributed by atoms with Crippen LogP contribution in [0.2, 0.25) is 0 Å². The molecule has 7 rings (SSSR count). The number of benzene rings is 2. The van der Waals surface area contributed by atoms with Crippen molar-refractivity contribution < 1.29 is 17.5 Å². The van der Waals surface area contributed by atoms with Gasteiger partial charge in [0.05, 0.1) is 23.8 Å². The fourth-order valence-electron chi connectivity index (χ4n) is 5.20. The molecule has 7 aromatic rings. The van der Waals surface area contributed by atoms with Crippen LogP contribution in [0.3, 0.4) is 0 Å². The van der Waals surface area contributed by atoms with E-state index in [1.807, 2.05) is 48.5 Å². The third-order valence-corrected chi connectivity index (χ3v) is 7.98. The van der Waals surface area contributed by atoms with Crippen molar-refractivity contribution in [1.29, 1.82) is 0 Å². The van der Waals surface area contributed by atoms with Crippen molar-refractivity contribution in [2.24, 2.45) is 0 Å². The maximum Gasteiger partial charge on any atom is 0.209 e. The second kappa shape index (κ2) is 11.6. The monoisotopic (exact) mass is 619 g/mol. The van der Waals surface area contributed by atoms with Crippen LogP contribution in [0.1, 0.15) is 11.1 Å². The van der Waals surface area contributed by atoms with E-state index in [4.69, 9.17) is 4.74 Å². The summed E-state index contributed by atoms with van der Waals surface area (Å²) >= 11 is 0. The Bertz CT molecular complexity index is 2290. The Labute approximate surface area is 257 Å². The molecule has 0 aliphatic heterocycles. The minimum Gasteiger partial charge on any atom is -0.487 e. The number of ether oxygens (including phenoxy) is 1. The van der Waals surface area contributed by atoms with Crippen LogP contribution < -0.4 is 9.46 Å². The number of aromatic amines is 2. The van der Waals surface area contributed by atoms with Gasteiger partial charge in [0.25, 0.3) is 0 Å². The number of nitrogens with one attached hydrogen (secondary N) is 3. The molecule has 0 aliphatic rings. The Morgan fingerprint density at radius 2 is 1.71 bits per heavy atom. The zero-order valence-electron chi connectivity index (χ0n) is 24.0. The highest BCUT2D eigenvalue weighted by Crippen LogP contribution is 2.35. The Morgan fingerprint density at radius 3 is 2.56 bits per heavy atom. The molecule has 0 amide bonds. The second-order valence-corrected chi connectivity index (χ2v) is 12.5. The Balaban J connectivity index is 1.22. The molecule has 3 N–H and O–H groups in total. The maximum absolute atomic E-state index is 14.6. The summed E-state index contributed by atoms with van der Waals surface area (Å²) < 4.78 is 46.2. The first-order valence-electron chi connectivity index (χ1n) is 14.0. The first kappa shape index (κ1) is 28.3. The van der Waals surface area contributed by atoms with Gasteiger partial charge in [-0.25, -0.2) is 27.5 Å². The molecule has 0 fully saturated rings.